The monoisotopic (exact) mass is 788 g/mol. The maximum atomic E-state index is 14.3. The zero-order chi connectivity index (χ0) is 40.7. The number of amides is 1. The normalized spacial score (nSPS) is 12.8. The third kappa shape index (κ3) is 12.7. The van der Waals surface area contributed by atoms with Gasteiger partial charge in [0.05, 0.1) is 30.9 Å². The Morgan fingerprint density at radius 2 is 1.39 bits per heavy atom. The fourth-order valence-corrected chi connectivity index (χ4v) is 6.49. The van der Waals surface area contributed by atoms with E-state index in [2.05, 4.69) is 5.32 Å². The quantitative estimate of drug-likeness (QED) is 0.0841. The van der Waals surface area contributed by atoms with Crippen LogP contribution in [0.3, 0.4) is 0 Å². The number of primary sulfonamides is 1. The van der Waals surface area contributed by atoms with Crippen molar-refractivity contribution in [1.29, 1.82) is 0 Å². The van der Waals surface area contributed by atoms with Gasteiger partial charge in [-0.1, -0.05) is 78.9 Å². The van der Waals surface area contributed by atoms with Crippen molar-refractivity contribution in [3.8, 4) is 11.5 Å². The summed E-state index contributed by atoms with van der Waals surface area (Å²) in [4.78, 5) is 54.2. The molecule has 0 spiro atoms. The molecule has 0 saturated carbocycles. The lowest BCUT2D eigenvalue weighted by molar-refractivity contribution is -0.152. The molecule has 56 heavy (non-hydrogen) atoms. The molecule has 4 aromatic rings. The van der Waals surface area contributed by atoms with Gasteiger partial charge in [-0.2, -0.15) is 0 Å². The number of ether oxygens (including phenoxy) is 4. The first-order valence-corrected chi connectivity index (χ1v) is 19.7. The van der Waals surface area contributed by atoms with Crippen LogP contribution in [0.1, 0.15) is 60.3 Å². The van der Waals surface area contributed by atoms with E-state index in [0.29, 0.717) is 12.8 Å². The lowest BCUT2D eigenvalue weighted by Gasteiger charge is -2.30. The van der Waals surface area contributed by atoms with Crippen LogP contribution in [-0.4, -0.2) is 75.5 Å². The van der Waals surface area contributed by atoms with E-state index in [1.807, 2.05) is 36.4 Å². The van der Waals surface area contributed by atoms with Crippen LogP contribution in [0.15, 0.2) is 108 Å². The van der Waals surface area contributed by atoms with Crippen molar-refractivity contribution in [1.82, 2.24) is 10.2 Å². The molecular weight excluding hydrogens is 741 g/mol. The highest BCUT2D eigenvalue weighted by Crippen LogP contribution is 2.37. The van der Waals surface area contributed by atoms with Crippen molar-refractivity contribution >= 4 is 33.8 Å². The fourth-order valence-electron chi connectivity index (χ4n) is 5.78. The Morgan fingerprint density at radius 3 is 1.98 bits per heavy atom. The van der Waals surface area contributed by atoms with Crippen molar-refractivity contribution in [2.45, 2.75) is 63.2 Å². The Kier molecular flexibility index (Phi) is 16.1. The molecule has 3 atom stereocenters. The Labute approximate surface area is 327 Å². The SMILES string of the molecule is CCOC(=O)c1cc(C(N)CN(CC(=O)OCc2ccccc2)C(=O)[C@H](C)N[C@@H](CCc2ccccc2)C(=O)OCC)c(Oc2ccccc2)c(S(N)(=O)=O)c1. The number of carbonyl (C=O) groups is 4. The second-order valence-electron chi connectivity index (χ2n) is 12.8. The second-order valence-corrected chi connectivity index (χ2v) is 14.3. The third-order valence-corrected chi connectivity index (χ3v) is 9.43. The maximum Gasteiger partial charge on any atom is 0.338 e. The number of nitrogens with zero attached hydrogens (tertiary/aromatic N) is 1. The van der Waals surface area contributed by atoms with Crippen LogP contribution >= 0.6 is 0 Å². The van der Waals surface area contributed by atoms with Crippen molar-refractivity contribution in [3.05, 3.63) is 125 Å². The summed E-state index contributed by atoms with van der Waals surface area (Å²) in [5.41, 5.74) is 8.27. The van der Waals surface area contributed by atoms with E-state index in [1.165, 1.54) is 13.0 Å². The largest absolute Gasteiger partial charge is 0.465 e. The van der Waals surface area contributed by atoms with E-state index in [0.717, 1.165) is 22.1 Å². The van der Waals surface area contributed by atoms with E-state index in [9.17, 15) is 27.6 Å². The van der Waals surface area contributed by atoms with Crippen molar-refractivity contribution in [2.24, 2.45) is 10.9 Å². The highest BCUT2D eigenvalue weighted by atomic mass is 32.2. The number of rotatable bonds is 20. The molecule has 4 rings (SSSR count). The maximum absolute atomic E-state index is 14.3. The summed E-state index contributed by atoms with van der Waals surface area (Å²) >= 11 is 0. The standard InChI is InChI=1S/C41H48N4O10S/c1-4-52-40(48)31-23-33(38(36(24-31)56(43,50)51)55-32-19-13-8-14-20-32)34(42)25-45(26-37(46)54-27-30-17-11-7-12-18-30)39(47)28(3)44-35(41(49)53-5-2)22-21-29-15-9-6-10-16-29/h6-20,23-24,28,34-35,44H,4-5,21-22,25-27,42H2,1-3H3,(H2,43,50,51)/t28-,34?,35-/m0/s1. The molecule has 0 radical (unpaired) electrons. The van der Waals surface area contributed by atoms with Gasteiger partial charge in [0.25, 0.3) is 0 Å². The third-order valence-electron chi connectivity index (χ3n) is 8.51. The van der Waals surface area contributed by atoms with Gasteiger partial charge in [-0.05, 0) is 69.0 Å². The number of hydrogen-bond acceptors (Lipinski definition) is 12. The molecule has 1 unspecified atom stereocenters. The minimum atomic E-state index is -4.54. The summed E-state index contributed by atoms with van der Waals surface area (Å²) < 4.78 is 48.0. The second kappa shape index (κ2) is 20.9. The molecule has 0 aliphatic rings. The first-order valence-electron chi connectivity index (χ1n) is 18.1. The van der Waals surface area contributed by atoms with Crippen molar-refractivity contribution < 1.29 is 46.5 Å². The molecule has 1 amide bonds. The average Bonchev–Trinajstić information content (AvgIpc) is 3.18. The van der Waals surface area contributed by atoms with E-state index in [4.69, 9.17) is 29.8 Å². The molecule has 0 saturated heterocycles. The van der Waals surface area contributed by atoms with Crippen LogP contribution in [0.5, 0.6) is 11.5 Å². The van der Waals surface area contributed by atoms with Gasteiger partial charge >= 0.3 is 17.9 Å². The number of para-hydroxylation sites is 1. The number of sulfonamides is 1. The van der Waals surface area contributed by atoms with Gasteiger partial charge in [0.15, 0.2) is 5.75 Å². The minimum Gasteiger partial charge on any atom is -0.465 e. The molecule has 0 aromatic heterocycles. The zero-order valence-electron chi connectivity index (χ0n) is 31.6. The van der Waals surface area contributed by atoms with Gasteiger partial charge in [0.2, 0.25) is 15.9 Å². The zero-order valence-corrected chi connectivity index (χ0v) is 32.4. The highest BCUT2D eigenvalue weighted by molar-refractivity contribution is 7.89. The molecule has 4 aromatic carbocycles. The lowest BCUT2D eigenvalue weighted by Crippen LogP contribution is -2.53. The predicted molar refractivity (Wildman–Crippen MR) is 208 cm³/mol. The van der Waals surface area contributed by atoms with Gasteiger partial charge < -0.3 is 29.6 Å². The number of benzene rings is 4. The van der Waals surface area contributed by atoms with Crippen molar-refractivity contribution in [2.75, 3.05) is 26.3 Å². The molecule has 298 valence electrons. The Morgan fingerprint density at radius 1 is 0.804 bits per heavy atom. The number of hydrogen-bond donors (Lipinski definition) is 3. The first kappa shape index (κ1) is 43.1. The summed E-state index contributed by atoms with van der Waals surface area (Å²) in [6, 6.07) is 25.8. The van der Waals surface area contributed by atoms with Crippen LogP contribution < -0.4 is 20.9 Å². The van der Waals surface area contributed by atoms with Crippen LogP contribution in [0.4, 0.5) is 0 Å². The van der Waals surface area contributed by atoms with Crippen LogP contribution in [0.25, 0.3) is 0 Å². The number of aryl methyl sites for hydroxylation is 1. The van der Waals surface area contributed by atoms with Gasteiger partial charge in [0, 0.05) is 12.1 Å². The van der Waals surface area contributed by atoms with Crippen molar-refractivity contribution in [3.63, 3.8) is 0 Å². The molecule has 15 heteroatoms. The summed E-state index contributed by atoms with van der Waals surface area (Å²) in [5.74, 6) is -2.86. The molecule has 0 aliphatic carbocycles. The molecule has 14 nitrogen and oxygen atoms in total. The van der Waals surface area contributed by atoms with E-state index < -0.39 is 69.9 Å². The van der Waals surface area contributed by atoms with E-state index in [1.54, 1.807) is 68.4 Å². The number of esters is 3. The van der Waals surface area contributed by atoms with Crippen LogP contribution in [-0.2, 0) is 51.6 Å². The topological polar surface area (TPSA) is 207 Å². The number of nitrogens with one attached hydrogen (secondary N) is 1. The molecular formula is C41H48N4O10S. The average molecular weight is 789 g/mol. The summed E-state index contributed by atoms with van der Waals surface area (Å²) in [6.07, 6.45) is 0.808. The molecule has 0 fully saturated rings. The van der Waals surface area contributed by atoms with Gasteiger partial charge in [-0.15, -0.1) is 0 Å². The first-order chi connectivity index (χ1) is 26.8. The lowest BCUT2D eigenvalue weighted by atomic mass is 10.0. The van der Waals surface area contributed by atoms with E-state index >= 15 is 0 Å². The van der Waals surface area contributed by atoms with Gasteiger partial charge in [-0.3, -0.25) is 19.7 Å². The fraction of sp³-hybridized carbons (Fsp3) is 0.317. The van der Waals surface area contributed by atoms with Crippen LogP contribution in [0, 0.1) is 0 Å². The molecule has 0 aliphatic heterocycles. The minimum absolute atomic E-state index is 0.0103. The summed E-state index contributed by atoms with van der Waals surface area (Å²) in [6.45, 7) is 3.87. The van der Waals surface area contributed by atoms with Gasteiger partial charge in [0.1, 0.15) is 29.8 Å². The Bertz CT molecular complexity index is 2030. The summed E-state index contributed by atoms with van der Waals surface area (Å²) in [7, 11) is -4.54. The Balaban J connectivity index is 1.71. The van der Waals surface area contributed by atoms with Crippen LogP contribution in [0.2, 0.25) is 0 Å². The molecule has 0 heterocycles. The smallest absolute Gasteiger partial charge is 0.338 e. The predicted octanol–water partition coefficient (Wildman–Crippen LogP) is 4.42. The molecule has 5 N–H and O–H groups in total. The highest BCUT2D eigenvalue weighted by Gasteiger charge is 2.32. The van der Waals surface area contributed by atoms with Gasteiger partial charge in [-0.25, -0.2) is 18.4 Å². The number of carbonyl (C=O) groups excluding carboxylic acids is 4. The molecule has 0 bridgehead atoms. The summed E-state index contributed by atoms with van der Waals surface area (Å²) in [5, 5.41) is 8.71. The Hall–Kier alpha value is -5.61. The number of nitrogens with two attached hydrogens (primary N) is 2. The van der Waals surface area contributed by atoms with E-state index in [-0.39, 0.29) is 42.4 Å².